The predicted octanol–water partition coefficient (Wildman–Crippen LogP) is 3.31. The fourth-order valence-electron chi connectivity index (χ4n) is 1.06. The molecule has 1 N–H and O–H groups in total. The van der Waals surface area contributed by atoms with Gasteiger partial charge in [-0.2, -0.15) is 0 Å². The summed E-state index contributed by atoms with van der Waals surface area (Å²) in [6, 6.07) is 2.09. The molecule has 4 heteroatoms. The van der Waals surface area contributed by atoms with E-state index in [0.717, 1.165) is 23.7 Å². The van der Waals surface area contributed by atoms with Crippen LogP contribution in [0.25, 0.3) is 0 Å². The van der Waals surface area contributed by atoms with Crippen LogP contribution < -0.4 is 0 Å². The number of carbonyl (C=O) groups is 1. The van der Waals surface area contributed by atoms with E-state index in [-0.39, 0.29) is 6.42 Å². The Labute approximate surface area is 89.7 Å². The minimum atomic E-state index is -0.702. The van der Waals surface area contributed by atoms with Crippen LogP contribution in [0.3, 0.4) is 0 Å². The molecule has 2 nitrogen and oxygen atoms in total. The molecule has 0 aliphatic rings. The molecule has 0 saturated heterocycles. The SMILES string of the molecule is O=C(O)CCCCc1cc(Br)cs1. The summed E-state index contributed by atoms with van der Waals surface area (Å²) in [6.45, 7) is 0. The maximum atomic E-state index is 10.2. The first-order valence-electron chi connectivity index (χ1n) is 4.13. The first-order valence-corrected chi connectivity index (χ1v) is 5.80. The van der Waals surface area contributed by atoms with E-state index in [9.17, 15) is 4.79 Å². The van der Waals surface area contributed by atoms with Gasteiger partial charge in [-0.05, 0) is 41.3 Å². The van der Waals surface area contributed by atoms with Crippen molar-refractivity contribution in [2.24, 2.45) is 0 Å². The van der Waals surface area contributed by atoms with Crippen molar-refractivity contribution in [2.45, 2.75) is 25.7 Å². The summed E-state index contributed by atoms with van der Waals surface area (Å²) in [4.78, 5) is 11.5. The third-order valence-corrected chi connectivity index (χ3v) is 3.44. The Morgan fingerprint density at radius 1 is 1.54 bits per heavy atom. The van der Waals surface area contributed by atoms with Crippen molar-refractivity contribution in [3.05, 3.63) is 20.8 Å². The molecule has 0 bridgehead atoms. The van der Waals surface area contributed by atoms with Gasteiger partial charge in [-0.25, -0.2) is 0 Å². The quantitative estimate of drug-likeness (QED) is 0.827. The second-order valence-corrected chi connectivity index (χ2v) is 4.74. The summed E-state index contributed by atoms with van der Waals surface area (Å²) in [5.41, 5.74) is 0. The number of hydrogen-bond donors (Lipinski definition) is 1. The number of hydrogen-bond acceptors (Lipinski definition) is 2. The molecule has 0 fully saturated rings. The van der Waals surface area contributed by atoms with Gasteiger partial charge in [0.1, 0.15) is 0 Å². The van der Waals surface area contributed by atoms with E-state index >= 15 is 0 Å². The van der Waals surface area contributed by atoms with Crippen molar-refractivity contribution in [1.29, 1.82) is 0 Å². The van der Waals surface area contributed by atoms with Crippen LogP contribution in [0.15, 0.2) is 15.9 Å². The number of thiophene rings is 1. The lowest BCUT2D eigenvalue weighted by molar-refractivity contribution is -0.137. The summed E-state index contributed by atoms with van der Waals surface area (Å²) in [6.07, 6.45) is 3.00. The number of rotatable bonds is 5. The lowest BCUT2D eigenvalue weighted by Crippen LogP contribution is -1.94. The van der Waals surface area contributed by atoms with Gasteiger partial charge in [0, 0.05) is 21.2 Å². The van der Waals surface area contributed by atoms with Crippen molar-refractivity contribution in [3.8, 4) is 0 Å². The molecule has 1 rings (SSSR count). The highest BCUT2D eigenvalue weighted by molar-refractivity contribution is 9.10. The summed E-state index contributed by atoms with van der Waals surface area (Å²) in [5, 5.41) is 10.5. The summed E-state index contributed by atoms with van der Waals surface area (Å²) >= 11 is 5.09. The van der Waals surface area contributed by atoms with Crippen molar-refractivity contribution in [1.82, 2.24) is 0 Å². The van der Waals surface area contributed by atoms with E-state index in [2.05, 4.69) is 22.0 Å². The van der Waals surface area contributed by atoms with E-state index in [4.69, 9.17) is 5.11 Å². The predicted molar refractivity (Wildman–Crippen MR) is 57.2 cm³/mol. The van der Waals surface area contributed by atoms with Gasteiger partial charge in [0.25, 0.3) is 0 Å². The molecule has 0 radical (unpaired) electrons. The van der Waals surface area contributed by atoms with Crippen LogP contribution in [0.2, 0.25) is 0 Å². The highest BCUT2D eigenvalue weighted by Crippen LogP contribution is 2.21. The van der Waals surface area contributed by atoms with Crippen LogP contribution in [0.5, 0.6) is 0 Å². The smallest absolute Gasteiger partial charge is 0.303 e. The minimum Gasteiger partial charge on any atom is -0.481 e. The van der Waals surface area contributed by atoms with Gasteiger partial charge in [0.05, 0.1) is 0 Å². The first kappa shape index (κ1) is 10.7. The topological polar surface area (TPSA) is 37.3 Å². The highest BCUT2D eigenvalue weighted by atomic mass is 79.9. The second kappa shape index (κ2) is 5.40. The van der Waals surface area contributed by atoms with Crippen LogP contribution in [0.1, 0.15) is 24.1 Å². The largest absolute Gasteiger partial charge is 0.481 e. The van der Waals surface area contributed by atoms with Crippen molar-refractivity contribution < 1.29 is 9.90 Å². The first-order chi connectivity index (χ1) is 6.18. The molecule has 0 unspecified atom stereocenters. The number of aryl methyl sites for hydroxylation is 1. The number of unbranched alkanes of at least 4 members (excludes halogenated alkanes) is 1. The zero-order valence-electron chi connectivity index (χ0n) is 7.12. The normalized spacial score (nSPS) is 10.2. The van der Waals surface area contributed by atoms with Gasteiger partial charge in [0.15, 0.2) is 0 Å². The molecule has 13 heavy (non-hydrogen) atoms. The van der Waals surface area contributed by atoms with E-state index in [0.29, 0.717) is 0 Å². The highest BCUT2D eigenvalue weighted by Gasteiger charge is 1.99. The van der Waals surface area contributed by atoms with E-state index in [1.165, 1.54) is 4.88 Å². The molecule has 0 atom stereocenters. The van der Waals surface area contributed by atoms with Crippen LogP contribution in [-0.4, -0.2) is 11.1 Å². The number of carboxylic acids is 1. The molecule has 72 valence electrons. The third kappa shape index (κ3) is 4.43. The number of halogens is 1. The van der Waals surface area contributed by atoms with Crippen molar-refractivity contribution in [2.75, 3.05) is 0 Å². The Balaban J connectivity index is 2.16. The fourth-order valence-corrected chi connectivity index (χ4v) is 2.56. The summed E-state index contributed by atoms with van der Waals surface area (Å²) < 4.78 is 1.12. The fraction of sp³-hybridized carbons (Fsp3) is 0.444. The standard InChI is InChI=1S/C9H11BrO2S/c10-7-5-8(13-6-7)3-1-2-4-9(11)12/h5-6H,1-4H2,(H,11,12). The average Bonchev–Trinajstić information content (AvgIpc) is 2.45. The molecule has 1 aromatic heterocycles. The Kier molecular flexibility index (Phi) is 4.45. The molecule has 0 spiro atoms. The Bertz CT molecular complexity index is 283. The number of carboxylic acid groups (broad SMARTS) is 1. The van der Waals surface area contributed by atoms with Gasteiger partial charge < -0.3 is 5.11 Å². The van der Waals surface area contributed by atoms with Gasteiger partial charge in [0.2, 0.25) is 0 Å². The molecule has 0 aliphatic carbocycles. The van der Waals surface area contributed by atoms with Crippen LogP contribution in [0.4, 0.5) is 0 Å². The molecule has 0 saturated carbocycles. The molecular formula is C9H11BrO2S. The monoisotopic (exact) mass is 262 g/mol. The number of aliphatic carboxylic acids is 1. The Morgan fingerprint density at radius 3 is 2.85 bits per heavy atom. The average molecular weight is 263 g/mol. The summed E-state index contributed by atoms with van der Waals surface area (Å²) in [7, 11) is 0. The van der Waals surface area contributed by atoms with Gasteiger partial charge >= 0.3 is 5.97 Å². The van der Waals surface area contributed by atoms with E-state index in [1.54, 1.807) is 11.3 Å². The molecule has 1 aromatic rings. The van der Waals surface area contributed by atoms with Crippen molar-refractivity contribution in [3.63, 3.8) is 0 Å². The maximum absolute atomic E-state index is 10.2. The van der Waals surface area contributed by atoms with Crippen LogP contribution in [0, 0.1) is 0 Å². The maximum Gasteiger partial charge on any atom is 0.303 e. The zero-order valence-corrected chi connectivity index (χ0v) is 9.53. The molecule has 1 heterocycles. The van der Waals surface area contributed by atoms with Gasteiger partial charge in [-0.3, -0.25) is 4.79 Å². The van der Waals surface area contributed by atoms with E-state index < -0.39 is 5.97 Å². The minimum absolute atomic E-state index is 0.284. The Hall–Kier alpha value is -0.350. The zero-order chi connectivity index (χ0) is 9.68. The van der Waals surface area contributed by atoms with Gasteiger partial charge in [-0.1, -0.05) is 0 Å². The second-order valence-electron chi connectivity index (χ2n) is 2.83. The van der Waals surface area contributed by atoms with Gasteiger partial charge in [-0.15, -0.1) is 11.3 Å². The lowest BCUT2D eigenvalue weighted by Gasteiger charge is -1.95. The molecule has 0 aliphatic heterocycles. The lowest BCUT2D eigenvalue weighted by atomic mass is 10.2. The third-order valence-electron chi connectivity index (χ3n) is 1.69. The molecular weight excluding hydrogens is 252 g/mol. The molecule has 0 amide bonds. The molecule has 0 aromatic carbocycles. The Morgan fingerprint density at radius 2 is 2.31 bits per heavy atom. The van der Waals surface area contributed by atoms with E-state index in [1.807, 2.05) is 5.38 Å². The summed E-state index contributed by atoms with van der Waals surface area (Å²) in [5.74, 6) is -0.702. The van der Waals surface area contributed by atoms with Crippen molar-refractivity contribution >= 4 is 33.2 Å². The van der Waals surface area contributed by atoms with Crippen LogP contribution >= 0.6 is 27.3 Å². The van der Waals surface area contributed by atoms with Crippen LogP contribution in [-0.2, 0) is 11.2 Å².